The van der Waals surface area contributed by atoms with Crippen LogP contribution in [0.3, 0.4) is 0 Å². The first-order valence-corrected chi connectivity index (χ1v) is 21.9. The number of amides is 1. The van der Waals surface area contributed by atoms with Crippen LogP contribution in [-0.2, 0) is 16.6 Å². The molecule has 13 nitrogen and oxygen atoms in total. The van der Waals surface area contributed by atoms with Crippen molar-refractivity contribution in [3.05, 3.63) is 85.9 Å². The van der Waals surface area contributed by atoms with E-state index in [1.807, 2.05) is 11.9 Å². The number of aromatic nitrogens is 5. The zero-order valence-electron chi connectivity index (χ0n) is 31.9. The highest BCUT2D eigenvalue weighted by atomic mass is 35.5. The highest BCUT2D eigenvalue weighted by Crippen LogP contribution is 2.42. The van der Waals surface area contributed by atoms with Gasteiger partial charge in [0.25, 0.3) is 17.4 Å². The molecule has 1 N–H and O–H groups in total. The SMILES string of the molecule is Cc1cc2n(CC#Cc3ccc(Cl)cc3-c3ccnc4c(C(=O)NS(=O)(=O)C5CC5)csc34)c(=O)c3c(C#N)c(N(C)C4CCN(C5CC(F)(F)C5)CC4)ncc3n2n1. The van der Waals surface area contributed by atoms with Gasteiger partial charge in [-0.1, -0.05) is 23.4 Å². The highest BCUT2D eigenvalue weighted by Gasteiger charge is 2.48. The quantitative estimate of drug-likeness (QED) is 0.177. The number of sulfonamides is 1. The number of likely N-dealkylation sites (tertiary alicyclic amines) is 1. The molecule has 302 valence electrons. The van der Waals surface area contributed by atoms with Gasteiger partial charge in [0.2, 0.25) is 10.0 Å². The van der Waals surface area contributed by atoms with Crippen LogP contribution in [-0.4, -0.2) is 86.8 Å². The van der Waals surface area contributed by atoms with Crippen LogP contribution >= 0.6 is 22.9 Å². The maximum atomic E-state index is 14.5. The zero-order chi connectivity index (χ0) is 41.4. The van der Waals surface area contributed by atoms with Crippen molar-refractivity contribution in [1.29, 1.82) is 5.26 Å². The maximum Gasteiger partial charge on any atom is 0.267 e. The van der Waals surface area contributed by atoms with Crippen molar-refractivity contribution < 1.29 is 22.0 Å². The van der Waals surface area contributed by atoms with E-state index in [1.54, 1.807) is 53.3 Å². The lowest BCUT2D eigenvalue weighted by Crippen LogP contribution is -2.55. The number of fused-ring (bicyclic) bond motifs is 4. The predicted octanol–water partition coefficient (Wildman–Crippen LogP) is 6.13. The molecule has 5 aromatic heterocycles. The molecular formula is C41H36ClF2N9O4S2. The second-order valence-corrected chi connectivity index (χ2v) is 18.7. The number of rotatable bonds is 8. The average molecular weight is 856 g/mol. The Kier molecular flexibility index (Phi) is 9.70. The highest BCUT2D eigenvalue weighted by molar-refractivity contribution is 7.91. The van der Waals surface area contributed by atoms with Gasteiger partial charge in [0.15, 0.2) is 0 Å². The number of piperidine rings is 1. The monoisotopic (exact) mass is 855 g/mol. The molecular weight excluding hydrogens is 820 g/mol. The van der Waals surface area contributed by atoms with Crippen molar-refractivity contribution in [2.45, 2.75) is 75.2 Å². The van der Waals surface area contributed by atoms with E-state index in [-0.39, 0.29) is 48.0 Å². The topological polar surface area (TPSA) is 159 Å². The van der Waals surface area contributed by atoms with E-state index in [4.69, 9.17) is 11.6 Å². The number of nitriles is 1. The molecule has 0 atom stereocenters. The van der Waals surface area contributed by atoms with E-state index in [9.17, 15) is 32.0 Å². The average Bonchev–Trinajstić information content (AvgIpc) is 3.88. The number of anilines is 1. The number of carbonyl (C=O) groups excluding carboxylic acids is 1. The lowest BCUT2D eigenvalue weighted by Gasteiger charge is -2.46. The molecule has 1 aromatic carbocycles. The largest absolute Gasteiger partial charge is 0.355 e. The number of nitrogens with zero attached hydrogens (tertiary/aromatic N) is 8. The van der Waals surface area contributed by atoms with E-state index in [1.165, 1.54) is 22.1 Å². The normalized spacial score (nSPS) is 17.4. The molecule has 0 bridgehead atoms. The van der Waals surface area contributed by atoms with Crippen molar-refractivity contribution in [2.75, 3.05) is 25.0 Å². The van der Waals surface area contributed by atoms with E-state index < -0.39 is 32.7 Å². The van der Waals surface area contributed by atoms with Crippen LogP contribution in [0.25, 0.3) is 37.9 Å². The van der Waals surface area contributed by atoms with Gasteiger partial charge in [-0.15, -0.1) is 11.3 Å². The minimum Gasteiger partial charge on any atom is -0.355 e. The van der Waals surface area contributed by atoms with Gasteiger partial charge in [-0.05, 0) is 56.9 Å². The smallest absolute Gasteiger partial charge is 0.267 e. The Morgan fingerprint density at radius 1 is 1.12 bits per heavy atom. The third-order valence-corrected chi connectivity index (χ3v) is 14.6. The number of thiophene rings is 1. The fourth-order valence-corrected chi connectivity index (χ4v) is 10.7. The minimum absolute atomic E-state index is 0.00995. The summed E-state index contributed by atoms with van der Waals surface area (Å²) in [6.45, 7) is 3.05. The molecule has 1 aliphatic heterocycles. The van der Waals surface area contributed by atoms with E-state index in [0.717, 1.165) is 0 Å². The summed E-state index contributed by atoms with van der Waals surface area (Å²) in [5.74, 6) is 3.39. The molecule has 1 saturated heterocycles. The number of benzene rings is 1. The van der Waals surface area contributed by atoms with Gasteiger partial charge in [0.05, 0.1) is 50.4 Å². The predicted molar refractivity (Wildman–Crippen MR) is 222 cm³/mol. The fourth-order valence-electron chi connectivity index (χ4n) is 8.20. The molecule has 3 aliphatic rings. The molecule has 2 aliphatic carbocycles. The summed E-state index contributed by atoms with van der Waals surface area (Å²) in [5, 5.41) is 16.8. The molecule has 59 heavy (non-hydrogen) atoms. The van der Waals surface area contributed by atoms with Crippen molar-refractivity contribution in [1.82, 2.24) is 33.8 Å². The summed E-state index contributed by atoms with van der Waals surface area (Å²) in [5.41, 5.74) is 3.57. The molecule has 0 radical (unpaired) electrons. The van der Waals surface area contributed by atoms with Crippen molar-refractivity contribution in [3.63, 3.8) is 0 Å². The lowest BCUT2D eigenvalue weighted by atomic mass is 9.85. The second kappa shape index (κ2) is 14.7. The molecule has 9 rings (SSSR count). The number of hydrogen-bond donors (Lipinski definition) is 1. The number of carbonyl (C=O) groups is 1. The van der Waals surface area contributed by atoms with Crippen LogP contribution in [0.1, 0.15) is 65.7 Å². The zero-order valence-corrected chi connectivity index (χ0v) is 34.3. The van der Waals surface area contributed by atoms with Crippen molar-refractivity contribution in [2.24, 2.45) is 0 Å². The molecule has 1 amide bonds. The number of aryl methyl sites for hydroxylation is 1. The molecule has 3 fully saturated rings. The Hall–Kier alpha value is -5.46. The summed E-state index contributed by atoms with van der Waals surface area (Å²) >= 11 is 7.75. The molecule has 0 unspecified atom stereocenters. The summed E-state index contributed by atoms with van der Waals surface area (Å²) in [6, 6.07) is 10.9. The van der Waals surface area contributed by atoms with Crippen LogP contribution in [0.15, 0.2) is 52.9 Å². The van der Waals surface area contributed by atoms with Gasteiger partial charge in [-0.3, -0.25) is 24.0 Å². The summed E-state index contributed by atoms with van der Waals surface area (Å²) in [4.78, 5) is 40.7. The van der Waals surface area contributed by atoms with E-state index in [0.29, 0.717) is 93.4 Å². The fraction of sp³-hybridized carbons (Fsp3) is 0.366. The van der Waals surface area contributed by atoms with Gasteiger partial charge in [0.1, 0.15) is 23.1 Å². The van der Waals surface area contributed by atoms with Gasteiger partial charge < -0.3 is 4.90 Å². The number of halogens is 3. The lowest BCUT2D eigenvalue weighted by molar-refractivity contribution is -0.127. The molecule has 0 spiro atoms. The molecule has 2 saturated carbocycles. The van der Waals surface area contributed by atoms with Gasteiger partial charge >= 0.3 is 0 Å². The Labute approximate surface area is 346 Å². The second-order valence-electron chi connectivity index (χ2n) is 15.4. The Balaban J connectivity index is 1.04. The van der Waals surface area contributed by atoms with E-state index in [2.05, 4.69) is 42.6 Å². The number of nitrogens with one attached hydrogen (secondary N) is 1. The number of pyridine rings is 2. The minimum atomic E-state index is -3.77. The van der Waals surface area contributed by atoms with Crippen LogP contribution in [0.5, 0.6) is 0 Å². The number of alkyl halides is 2. The summed E-state index contributed by atoms with van der Waals surface area (Å²) in [7, 11) is -1.92. The molecule has 6 heterocycles. The van der Waals surface area contributed by atoms with Gasteiger partial charge in [-0.2, -0.15) is 10.4 Å². The summed E-state index contributed by atoms with van der Waals surface area (Å²) < 4.78 is 58.0. The van der Waals surface area contributed by atoms with Crippen molar-refractivity contribution >= 4 is 71.5 Å². The van der Waals surface area contributed by atoms with Gasteiger partial charge in [-0.25, -0.2) is 31.4 Å². The molecule has 6 aromatic rings. The Morgan fingerprint density at radius 2 is 1.88 bits per heavy atom. The van der Waals surface area contributed by atoms with Crippen LogP contribution < -0.4 is 15.2 Å². The first-order valence-electron chi connectivity index (χ1n) is 19.1. The van der Waals surface area contributed by atoms with Crippen LogP contribution in [0.4, 0.5) is 14.6 Å². The Morgan fingerprint density at radius 3 is 2.59 bits per heavy atom. The van der Waals surface area contributed by atoms with Crippen LogP contribution in [0, 0.1) is 30.1 Å². The number of hydrogen-bond acceptors (Lipinski definition) is 11. The summed E-state index contributed by atoms with van der Waals surface area (Å²) in [6.07, 6.45) is 5.32. The third kappa shape index (κ3) is 7.09. The maximum absolute atomic E-state index is 14.5. The van der Waals surface area contributed by atoms with Crippen molar-refractivity contribution in [3.8, 4) is 29.0 Å². The third-order valence-electron chi connectivity index (χ3n) is 11.5. The van der Waals surface area contributed by atoms with E-state index >= 15 is 0 Å². The first-order chi connectivity index (χ1) is 28.2. The molecule has 18 heteroatoms. The van der Waals surface area contributed by atoms with Crippen LogP contribution in [0.2, 0.25) is 5.02 Å². The first kappa shape index (κ1) is 39.0. The Bertz CT molecular complexity index is 3000. The standard InChI is InChI=1S/C41H36ClF2N9O4S2/c1-23-16-34-52(40(55)35-31(20-45)38(47-21-33(35)53(34)48-23)50(2)26-10-14-51(15-11-26)27-18-41(43,44)19-27)13-3-4-24-5-6-25(42)17-30(24)29-9-12-46-36-32(22-58-37(29)36)39(54)49-59(56,57)28-7-8-28/h5-6,9,12,16-17,21-22,26-28H,7-8,10-11,13-15,18-19H2,1-2H3,(H,49,54). The van der Waals surface area contributed by atoms with Gasteiger partial charge in [0, 0.05) is 84.4 Å².